The molecular formula is C19H20FN3O3. The van der Waals surface area contributed by atoms with Gasteiger partial charge < -0.3 is 10.1 Å². The van der Waals surface area contributed by atoms with E-state index < -0.39 is 17.4 Å². The number of carbonyl (C=O) groups is 2. The van der Waals surface area contributed by atoms with Crippen LogP contribution in [0.2, 0.25) is 0 Å². The predicted molar refractivity (Wildman–Crippen MR) is 94.1 cm³/mol. The highest BCUT2D eigenvalue weighted by Crippen LogP contribution is 2.37. The molecule has 136 valence electrons. The van der Waals surface area contributed by atoms with Crippen molar-refractivity contribution in [2.24, 2.45) is 0 Å². The monoisotopic (exact) mass is 357 g/mol. The molecule has 0 radical (unpaired) electrons. The molecule has 1 aliphatic heterocycles. The fourth-order valence-electron chi connectivity index (χ4n) is 2.81. The van der Waals surface area contributed by atoms with Crippen molar-refractivity contribution in [2.75, 3.05) is 4.90 Å². The molecule has 0 bridgehead atoms. The van der Waals surface area contributed by atoms with E-state index in [0.717, 1.165) is 5.56 Å². The highest BCUT2D eigenvalue weighted by atomic mass is 19.1. The smallest absolute Gasteiger partial charge is 0.282 e. The van der Waals surface area contributed by atoms with E-state index in [2.05, 4.69) is 10.3 Å². The summed E-state index contributed by atoms with van der Waals surface area (Å²) in [7, 11) is 0. The van der Waals surface area contributed by atoms with Crippen LogP contribution in [0.1, 0.15) is 26.3 Å². The van der Waals surface area contributed by atoms with Crippen LogP contribution in [0.25, 0.3) is 0 Å². The van der Waals surface area contributed by atoms with E-state index in [1.165, 1.54) is 24.0 Å². The van der Waals surface area contributed by atoms with Gasteiger partial charge in [-0.2, -0.15) is 0 Å². The van der Waals surface area contributed by atoms with Crippen LogP contribution in [-0.2, 0) is 16.1 Å². The van der Waals surface area contributed by atoms with Crippen molar-refractivity contribution < 1.29 is 18.7 Å². The molecular weight excluding hydrogens is 337 g/mol. The van der Waals surface area contributed by atoms with Gasteiger partial charge in [-0.1, -0.05) is 12.1 Å². The molecule has 7 heteroatoms. The lowest BCUT2D eigenvalue weighted by Gasteiger charge is -2.40. The summed E-state index contributed by atoms with van der Waals surface area (Å²) in [6.45, 7) is 5.30. The van der Waals surface area contributed by atoms with Gasteiger partial charge in [0.05, 0.1) is 0 Å². The van der Waals surface area contributed by atoms with E-state index in [4.69, 9.17) is 4.74 Å². The van der Waals surface area contributed by atoms with Gasteiger partial charge in [-0.25, -0.2) is 9.37 Å². The summed E-state index contributed by atoms with van der Waals surface area (Å²) in [5, 5.41) is 2.70. The van der Waals surface area contributed by atoms with E-state index in [9.17, 15) is 14.0 Å². The summed E-state index contributed by atoms with van der Waals surface area (Å²) in [5.41, 5.74) is -0.991. The molecule has 1 aromatic carbocycles. The number of nitrogens with one attached hydrogen (secondary N) is 1. The normalized spacial score (nSPS) is 19.1. The zero-order chi connectivity index (χ0) is 18.9. The Balaban J connectivity index is 1.84. The Labute approximate surface area is 151 Å². The number of pyridine rings is 1. The Hall–Kier alpha value is -2.96. The Morgan fingerprint density at radius 2 is 2.00 bits per heavy atom. The minimum atomic E-state index is -1.71. The molecule has 2 aromatic rings. The number of anilines is 1. The molecule has 6 nitrogen and oxygen atoms in total. The minimum Gasteiger partial charge on any atom is -0.464 e. The lowest BCUT2D eigenvalue weighted by Crippen LogP contribution is -2.63. The molecule has 2 heterocycles. The van der Waals surface area contributed by atoms with E-state index in [1.807, 2.05) is 13.8 Å². The first-order valence-electron chi connectivity index (χ1n) is 8.33. The predicted octanol–water partition coefficient (Wildman–Crippen LogP) is 2.43. The minimum absolute atomic E-state index is 0.160. The number of halogens is 1. The maximum absolute atomic E-state index is 13.0. The summed E-state index contributed by atoms with van der Waals surface area (Å²) in [6.07, 6.45) is 1.57. The van der Waals surface area contributed by atoms with Crippen molar-refractivity contribution in [3.05, 3.63) is 54.0 Å². The van der Waals surface area contributed by atoms with Gasteiger partial charge in [0.1, 0.15) is 5.82 Å². The largest absolute Gasteiger partial charge is 0.464 e. The Morgan fingerprint density at radius 3 is 2.65 bits per heavy atom. The highest BCUT2D eigenvalue weighted by Gasteiger charge is 2.51. The van der Waals surface area contributed by atoms with Gasteiger partial charge in [-0.3, -0.25) is 14.5 Å². The highest BCUT2D eigenvalue weighted by molar-refractivity contribution is 6.16. The molecule has 0 unspecified atom stereocenters. The lowest BCUT2D eigenvalue weighted by molar-refractivity contribution is -0.148. The van der Waals surface area contributed by atoms with Crippen LogP contribution in [0.3, 0.4) is 0 Å². The zero-order valence-corrected chi connectivity index (χ0v) is 14.8. The second-order valence-corrected chi connectivity index (χ2v) is 6.54. The number of fused-ring (bicyclic) bond motifs is 1. The van der Waals surface area contributed by atoms with Gasteiger partial charge in [0, 0.05) is 18.8 Å². The maximum atomic E-state index is 13.0. The topological polar surface area (TPSA) is 71.5 Å². The average molecular weight is 357 g/mol. The molecule has 0 fully saturated rings. The second-order valence-electron chi connectivity index (χ2n) is 6.54. The van der Waals surface area contributed by atoms with Crippen LogP contribution >= 0.6 is 0 Å². The van der Waals surface area contributed by atoms with Crippen molar-refractivity contribution >= 4 is 17.6 Å². The van der Waals surface area contributed by atoms with Crippen molar-refractivity contribution in [1.82, 2.24) is 10.3 Å². The number of rotatable bonds is 4. The number of carbonyl (C=O) groups excluding carboxylic acids is 2. The quantitative estimate of drug-likeness (QED) is 0.853. The first-order valence-corrected chi connectivity index (χ1v) is 8.33. The van der Waals surface area contributed by atoms with Crippen LogP contribution in [0.4, 0.5) is 10.2 Å². The van der Waals surface area contributed by atoms with E-state index >= 15 is 0 Å². The Kier molecular flexibility index (Phi) is 4.63. The zero-order valence-electron chi connectivity index (χ0n) is 14.8. The van der Waals surface area contributed by atoms with Crippen LogP contribution in [-0.4, -0.2) is 28.4 Å². The number of hydrogen-bond donors (Lipinski definition) is 1. The summed E-state index contributed by atoms with van der Waals surface area (Å²) in [6, 6.07) is 8.94. The molecule has 1 aliphatic rings. The average Bonchev–Trinajstić information content (AvgIpc) is 2.61. The van der Waals surface area contributed by atoms with Gasteiger partial charge in [0.2, 0.25) is 0 Å². The summed E-state index contributed by atoms with van der Waals surface area (Å²) in [5.74, 6) is -0.617. The van der Waals surface area contributed by atoms with Crippen LogP contribution < -0.4 is 15.0 Å². The molecule has 1 N–H and O–H groups in total. The third-order valence-corrected chi connectivity index (χ3v) is 4.24. The molecule has 26 heavy (non-hydrogen) atoms. The molecule has 1 aromatic heterocycles. The maximum Gasteiger partial charge on any atom is 0.282 e. The molecule has 0 spiro atoms. The summed E-state index contributed by atoms with van der Waals surface area (Å²) < 4.78 is 18.7. The fourth-order valence-corrected chi connectivity index (χ4v) is 2.81. The van der Waals surface area contributed by atoms with Crippen molar-refractivity contribution in [3.63, 3.8) is 0 Å². The first kappa shape index (κ1) is 17.8. The van der Waals surface area contributed by atoms with Gasteiger partial charge >= 0.3 is 0 Å². The number of nitrogens with zero attached hydrogens (tertiary/aromatic N) is 2. The van der Waals surface area contributed by atoms with Crippen LogP contribution in [0.5, 0.6) is 5.75 Å². The molecule has 0 saturated carbocycles. The van der Waals surface area contributed by atoms with Crippen molar-refractivity contribution in [3.8, 4) is 5.75 Å². The van der Waals surface area contributed by atoms with Crippen molar-refractivity contribution in [2.45, 2.75) is 39.0 Å². The number of hydrogen-bond acceptors (Lipinski definition) is 4. The standard InChI is InChI=1S/C19H20FN3O3/c1-12(2)23-16-15(5-4-10-21-16)26-19(3,18(23)25)17(24)22-11-13-6-8-14(20)9-7-13/h4-10,12H,11H2,1-3H3,(H,22,24)/t19-/m1/s1. The number of aromatic nitrogens is 1. The first-order chi connectivity index (χ1) is 12.3. The molecule has 0 aliphatic carbocycles. The molecule has 0 saturated heterocycles. The number of benzene rings is 1. The second kappa shape index (κ2) is 6.74. The SMILES string of the molecule is CC(C)N1C(=O)[C@@](C)(C(=O)NCc2ccc(F)cc2)Oc2cccnc21. The van der Waals surface area contributed by atoms with Crippen LogP contribution in [0, 0.1) is 5.82 Å². The van der Waals surface area contributed by atoms with E-state index in [1.54, 1.807) is 30.5 Å². The van der Waals surface area contributed by atoms with Crippen LogP contribution in [0.15, 0.2) is 42.6 Å². The van der Waals surface area contributed by atoms with E-state index in [0.29, 0.717) is 11.6 Å². The molecule has 1 atom stereocenters. The number of ether oxygens (including phenoxy) is 1. The van der Waals surface area contributed by atoms with Gasteiger partial charge in [0.15, 0.2) is 11.6 Å². The lowest BCUT2D eigenvalue weighted by atomic mass is 9.99. The van der Waals surface area contributed by atoms with Gasteiger partial charge in [-0.05, 0) is 50.6 Å². The fraction of sp³-hybridized carbons (Fsp3) is 0.316. The summed E-state index contributed by atoms with van der Waals surface area (Å²) >= 11 is 0. The third kappa shape index (κ3) is 3.12. The van der Waals surface area contributed by atoms with Gasteiger partial charge in [0.25, 0.3) is 17.4 Å². The van der Waals surface area contributed by atoms with Crippen molar-refractivity contribution in [1.29, 1.82) is 0 Å². The van der Waals surface area contributed by atoms with Gasteiger partial charge in [-0.15, -0.1) is 0 Å². The Morgan fingerprint density at radius 1 is 1.31 bits per heavy atom. The molecule has 3 rings (SSSR count). The number of amides is 2. The molecule has 2 amide bonds. The third-order valence-electron chi connectivity index (χ3n) is 4.24. The Bertz CT molecular complexity index is 838. The van der Waals surface area contributed by atoms with E-state index in [-0.39, 0.29) is 18.4 Å². The summed E-state index contributed by atoms with van der Waals surface area (Å²) in [4.78, 5) is 31.5.